The molecule has 0 radical (unpaired) electrons. The zero-order chi connectivity index (χ0) is 22.1. The van der Waals surface area contributed by atoms with E-state index in [9.17, 15) is 9.59 Å². The number of H-pyrrole nitrogens is 1. The zero-order valence-corrected chi connectivity index (χ0v) is 17.9. The third kappa shape index (κ3) is 4.08. The lowest BCUT2D eigenvalue weighted by atomic mass is 10.0. The summed E-state index contributed by atoms with van der Waals surface area (Å²) in [4.78, 5) is 40.1. The first-order chi connectivity index (χ1) is 14.9. The van der Waals surface area contributed by atoms with Crippen LogP contribution in [0.5, 0.6) is 0 Å². The van der Waals surface area contributed by atoms with Crippen molar-refractivity contribution in [3.05, 3.63) is 58.5 Å². The molecular formula is C21H15Cl2N5O3. The lowest BCUT2D eigenvalue weighted by molar-refractivity contribution is -0.114. The van der Waals surface area contributed by atoms with Crippen LogP contribution in [0.3, 0.4) is 0 Å². The highest BCUT2D eigenvalue weighted by molar-refractivity contribution is 6.31. The van der Waals surface area contributed by atoms with E-state index in [1.165, 1.54) is 26.3 Å². The van der Waals surface area contributed by atoms with Crippen molar-refractivity contribution in [3.63, 3.8) is 0 Å². The standard InChI is InChI=1S/C21H15Cl2N5O3/c1-10(29)26-16-7-11(5-6-24-16)18-17(14-4-3-12(22)9-25-14)20-19(28-18)13(21(30)31-2)8-15(23)27-20/h3-9,28H,1-2H3,(H,24,26,29). The minimum atomic E-state index is -0.564. The van der Waals surface area contributed by atoms with Crippen LogP contribution in [0.4, 0.5) is 5.82 Å². The lowest BCUT2D eigenvalue weighted by Crippen LogP contribution is -2.07. The van der Waals surface area contributed by atoms with Gasteiger partial charge in [-0.1, -0.05) is 23.2 Å². The van der Waals surface area contributed by atoms with Crippen LogP contribution in [0.25, 0.3) is 33.5 Å². The Balaban J connectivity index is 2.04. The number of hydrogen-bond donors (Lipinski definition) is 2. The molecule has 0 unspecified atom stereocenters. The van der Waals surface area contributed by atoms with Gasteiger partial charge < -0.3 is 15.0 Å². The molecule has 31 heavy (non-hydrogen) atoms. The minimum absolute atomic E-state index is 0.127. The Hall–Kier alpha value is -3.49. The molecular weight excluding hydrogens is 441 g/mol. The number of rotatable bonds is 4. The fourth-order valence-corrected chi connectivity index (χ4v) is 3.53. The lowest BCUT2D eigenvalue weighted by Gasteiger charge is -2.07. The van der Waals surface area contributed by atoms with Crippen molar-refractivity contribution in [1.82, 2.24) is 19.9 Å². The Morgan fingerprint density at radius 1 is 1.13 bits per heavy atom. The van der Waals surface area contributed by atoms with E-state index in [1.54, 1.807) is 30.5 Å². The third-order valence-corrected chi connectivity index (χ3v) is 4.88. The average Bonchev–Trinajstić information content (AvgIpc) is 3.12. The normalized spacial score (nSPS) is 10.8. The van der Waals surface area contributed by atoms with Crippen molar-refractivity contribution in [1.29, 1.82) is 0 Å². The van der Waals surface area contributed by atoms with E-state index < -0.39 is 5.97 Å². The Bertz CT molecular complexity index is 1320. The second-order valence-corrected chi connectivity index (χ2v) is 7.38. The predicted octanol–water partition coefficient (Wildman–Crippen LogP) is 4.74. The first-order valence-corrected chi connectivity index (χ1v) is 9.79. The van der Waals surface area contributed by atoms with Crippen LogP contribution in [0.2, 0.25) is 10.2 Å². The topological polar surface area (TPSA) is 110 Å². The van der Waals surface area contributed by atoms with E-state index in [4.69, 9.17) is 27.9 Å². The molecule has 0 fully saturated rings. The Morgan fingerprint density at radius 3 is 2.61 bits per heavy atom. The van der Waals surface area contributed by atoms with Crippen molar-refractivity contribution in [2.24, 2.45) is 0 Å². The summed E-state index contributed by atoms with van der Waals surface area (Å²) >= 11 is 12.2. The molecule has 4 aromatic heterocycles. The maximum Gasteiger partial charge on any atom is 0.340 e. The number of methoxy groups -OCH3 is 1. The number of nitrogens with one attached hydrogen (secondary N) is 2. The van der Waals surface area contributed by atoms with E-state index in [2.05, 4.69) is 25.3 Å². The molecule has 0 atom stereocenters. The monoisotopic (exact) mass is 455 g/mol. The second kappa shape index (κ2) is 8.33. The molecule has 0 bridgehead atoms. The second-order valence-electron chi connectivity index (χ2n) is 6.56. The molecule has 4 aromatic rings. The number of carbonyl (C=O) groups is 2. The molecule has 0 spiro atoms. The van der Waals surface area contributed by atoms with Gasteiger partial charge in [-0.25, -0.2) is 14.8 Å². The number of hydrogen-bond acceptors (Lipinski definition) is 6. The Morgan fingerprint density at radius 2 is 1.94 bits per heavy atom. The zero-order valence-electron chi connectivity index (χ0n) is 16.4. The SMILES string of the molecule is COC(=O)c1cc(Cl)nc2c(-c3ccc(Cl)cn3)c(-c3ccnc(NC(C)=O)c3)[nH]c12. The number of halogens is 2. The summed E-state index contributed by atoms with van der Waals surface area (Å²) in [6, 6.07) is 8.34. The van der Waals surface area contributed by atoms with Crippen LogP contribution >= 0.6 is 23.2 Å². The molecule has 0 saturated heterocycles. The van der Waals surface area contributed by atoms with Gasteiger partial charge in [-0.3, -0.25) is 9.78 Å². The molecule has 0 saturated carbocycles. The fourth-order valence-electron chi connectivity index (χ4n) is 3.22. The Labute approximate surface area is 186 Å². The summed E-state index contributed by atoms with van der Waals surface area (Å²) in [5.41, 5.74) is 3.59. The van der Waals surface area contributed by atoms with Crippen molar-refractivity contribution in [2.75, 3.05) is 12.4 Å². The minimum Gasteiger partial charge on any atom is -0.465 e. The first-order valence-electron chi connectivity index (χ1n) is 9.04. The maximum atomic E-state index is 12.4. The van der Waals surface area contributed by atoms with Gasteiger partial charge in [-0.05, 0) is 30.3 Å². The number of aromatic nitrogens is 4. The largest absolute Gasteiger partial charge is 0.465 e. The molecule has 0 aliphatic rings. The van der Waals surface area contributed by atoms with Gasteiger partial charge in [0.25, 0.3) is 0 Å². The van der Waals surface area contributed by atoms with Gasteiger partial charge >= 0.3 is 5.97 Å². The third-order valence-electron chi connectivity index (χ3n) is 4.47. The smallest absolute Gasteiger partial charge is 0.340 e. The molecule has 0 aliphatic heterocycles. The molecule has 4 heterocycles. The summed E-state index contributed by atoms with van der Waals surface area (Å²) < 4.78 is 4.90. The van der Waals surface area contributed by atoms with E-state index >= 15 is 0 Å². The molecule has 156 valence electrons. The van der Waals surface area contributed by atoms with Gasteiger partial charge in [0.15, 0.2) is 0 Å². The van der Waals surface area contributed by atoms with Crippen molar-refractivity contribution in [3.8, 4) is 22.5 Å². The van der Waals surface area contributed by atoms with Crippen LogP contribution in [-0.2, 0) is 9.53 Å². The number of nitrogens with zero attached hydrogens (tertiary/aromatic N) is 3. The van der Waals surface area contributed by atoms with Gasteiger partial charge in [0.1, 0.15) is 16.5 Å². The Kier molecular flexibility index (Phi) is 5.58. The van der Waals surface area contributed by atoms with Crippen LogP contribution in [0.15, 0.2) is 42.7 Å². The van der Waals surface area contributed by atoms with Gasteiger partial charge in [0.05, 0.1) is 40.2 Å². The van der Waals surface area contributed by atoms with E-state index in [-0.39, 0.29) is 16.6 Å². The van der Waals surface area contributed by atoms with Crippen LogP contribution < -0.4 is 5.32 Å². The number of ether oxygens (including phenoxy) is 1. The molecule has 0 aliphatic carbocycles. The van der Waals surface area contributed by atoms with Crippen LogP contribution in [-0.4, -0.2) is 38.9 Å². The molecule has 8 nitrogen and oxygen atoms in total. The predicted molar refractivity (Wildman–Crippen MR) is 118 cm³/mol. The highest BCUT2D eigenvalue weighted by Gasteiger charge is 2.23. The number of amides is 1. The number of anilines is 1. The number of aromatic amines is 1. The number of carbonyl (C=O) groups excluding carboxylic acids is 2. The summed E-state index contributed by atoms with van der Waals surface area (Å²) in [6.45, 7) is 1.40. The number of esters is 1. The summed E-state index contributed by atoms with van der Waals surface area (Å²) in [5.74, 6) is -0.438. The highest BCUT2D eigenvalue weighted by atomic mass is 35.5. The molecule has 0 aromatic carbocycles. The first kappa shape index (κ1) is 20.8. The van der Waals surface area contributed by atoms with Crippen LogP contribution in [0, 0.1) is 0 Å². The van der Waals surface area contributed by atoms with Gasteiger partial charge in [-0.15, -0.1) is 0 Å². The van der Waals surface area contributed by atoms with Crippen molar-refractivity contribution in [2.45, 2.75) is 6.92 Å². The van der Waals surface area contributed by atoms with Crippen molar-refractivity contribution < 1.29 is 14.3 Å². The van der Waals surface area contributed by atoms with E-state index in [1.807, 2.05) is 0 Å². The summed E-state index contributed by atoms with van der Waals surface area (Å²) in [5, 5.41) is 3.26. The van der Waals surface area contributed by atoms with Gasteiger partial charge in [-0.2, -0.15) is 0 Å². The quantitative estimate of drug-likeness (QED) is 0.339. The molecule has 4 rings (SSSR count). The molecule has 1 amide bonds. The molecule has 2 N–H and O–H groups in total. The fraction of sp³-hybridized carbons (Fsp3) is 0.0952. The van der Waals surface area contributed by atoms with Gasteiger partial charge in [0.2, 0.25) is 5.91 Å². The van der Waals surface area contributed by atoms with E-state index in [0.29, 0.717) is 44.4 Å². The van der Waals surface area contributed by atoms with Gasteiger partial charge in [0, 0.05) is 24.9 Å². The maximum absolute atomic E-state index is 12.4. The average molecular weight is 456 g/mol. The number of pyridine rings is 3. The highest BCUT2D eigenvalue weighted by Crippen LogP contribution is 2.39. The summed E-state index contributed by atoms with van der Waals surface area (Å²) in [6.07, 6.45) is 3.08. The van der Waals surface area contributed by atoms with Crippen LogP contribution in [0.1, 0.15) is 17.3 Å². The molecule has 10 heteroatoms. The summed E-state index contributed by atoms with van der Waals surface area (Å²) in [7, 11) is 1.29. The van der Waals surface area contributed by atoms with Crippen molar-refractivity contribution >= 4 is 51.9 Å². The van der Waals surface area contributed by atoms with E-state index in [0.717, 1.165) is 0 Å². The number of fused-ring (bicyclic) bond motifs is 1.